The normalized spacial score (nSPS) is 11.4. The summed E-state index contributed by atoms with van der Waals surface area (Å²) in [6, 6.07) is 0. The Balaban J connectivity index is 3.44. The number of rotatable bonds is 4. The van der Waals surface area contributed by atoms with Crippen molar-refractivity contribution < 1.29 is 4.79 Å². The van der Waals surface area contributed by atoms with Crippen LogP contribution < -0.4 is 0 Å². The van der Waals surface area contributed by atoms with Gasteiger partial charge in [0.1, 0.15) is 5.78 Å². The maximum absolute atomic E-state index is 10.9. The Kier molecular flexibility index (Phi) is 5.74. The van der Waals surface area contributed by atoms with Crippen LogP contribution in [0.25, 0.3) is 0 Å². The van der Waals surface area contributed by atoms with Crippen molar-refractivity contribution in [3.63, 3.8) is 0 Å². The lowest BCUT2D eigenvalue weighted by Crippen LogP contribution is -1.91. The molecule has 0 spiro atoms. The van der Waals surface area contributed by atoms with Gasteiger partial charge in [-0.05, 0) is 13.8 Å². The van der Waals surface area contributed by atoms with Crippen molar-refractivity contribution in [2.45, 2.75) is 26.7 Å². The van der Waals surface area contributed by atoms with Crippen LogP contribution in [0.4, 0.5) is 0 Å². The minimum Gasteiger partial charge on any atom is -0.299 e. The third-order valence-corrected chi connectivity index (χ3v) is 1.16. The van der Waals surface area contributed by atoms with E-state index >= 15 is 0 Å². The quantitative estimate of drug-likeness (QED) is 0.545. The molecule has 0 aliphatic carbocycles. The summed E-state index contributed by atoms with van der Waals surface area (Å²) in [5, 5.41) is 0. The van der Waals surface area contributed by atoms with E-state index in [0.717, 1.165) is 0 Å². The number of ketones is 1. The number of carbonyl (C=O) groups is 1. The van der Waals surface area contributed by atoms with Crippen LogP contribution in [0.15, 0.2) is 24.3 Å². The van der Waals surface area contributed by atoms with Crippen LogP contribution in [0.1, 0.15) is 26.7 Å². The summed E-state index contributed by atoms with van der Waals surface area (Å²) < 4.78 is 0. The molecule has 0 atom stereocenters. The molecule has 0 fully saturated rings. The number of hydrogen-bond acceptors (Lipinski definition) is 1. The third kappa shape index (κ3) is 5.29. The van der Waals surface area contributed by atoms with Crippen LogP contribution in [-0.2, 0) is 4.79 Å². The van der Waals surface area contributed by atoms with Crippen molar-refractivity contribution in [1.82, 2.24) is 0 Å². The Bertz CT molecular complexity index is 127. The smallest absolute Gasteiger partial charge is 0.140 e. The number of hydrogen-bond donors (Lipinski definition) is 0. The molecule has 0 radical (unpaired) electrons. The standard InChI is InChI=1S/C9H14O/c1-3-5-7-9(10)8-6-4-2/h3-6H,7-8H2,1-2H3. The third-order valence-electron chi connectivity index (χ3n) is 1.16. The zero-order chi connectivity index (χ0) is 7.82. The molecular formula is C9H14O. The summed E-state index contributed by atoms with van der Waals surface area (Å²) in [6.45, 7) is 3.84. The van der Waals surface area contributed by atoms with Gasteiger partial charge < -0.3 is 0 Å². The van der Waals surface area contributed by atoms with Crippen LogP contribution in [0.3, 0.4) is 0 Å². The van der Waals surface area contributed by atoms with Gasteiger partial charge in [0.15, 0.2) is 0 Å². The van der Waals surface area contributed by atoms with Crippen LogP contribution >= 0.6 is 0 Å². The minimum absolute atomic E-state index is 0.274. The summed E-state index contributed by atoms with van der Waals surface area (Å²) in [5.74, 6) is 0.274. The molecule has 0 N–H and O–H groups in total. The van der Waals surface area contributed by atoms with Crippen LogP contribution in [-0.4, -0.2) is 5.78 Å². The van der Waals surface area contributed by atoms with Gasteiger partial charge in [0, 0.05) is 12.8 Å². The first-order valence-electron chi connectivity index (χ1n) is 3.55. The Morgan fingerprint density at radius 1 is 1.10 bits per heavy atom. The first kappa shape index (κ1) is 9.15. The summed E-state index contributed by atoms with van der Waals surface area (Å²) in [5.41, 5.74) is 0. The first-order chi connectivity index (χ1) is 4.81. The van der Waals surface area contributed by atoms with Gasteiger partial charge in [-0.2, -0.15) is 0 Å². The van der Waals surface area contributed by atoms with E-state index in [4.69, 9.17) is 0 Å². The topological polar surface area (TPSA) is 17.1 Å². The lowest BCUT2D eigenvalue weighted by atomic mass is 10.2. The Morgan fingerprint density at radius 3 is 1.80 bits per heavy atom. The predicted octanol–water partition coefficient (Wildman–Crippen LogP) is 2.49. The SMILES string of the molecule is CC=CCC(=O)CC=CC. The van der Waals surface area contributed by atoms with E-state index in [2.05, 4.69) is 0 Å². The van der Waals surface area contributed by atoms with Crippen molar-refractivity contribution in [2.24, 2.45) is 0 Å². The van der Waals surface area contributed by atoms with Gasteiger partial charge >= 0.3 is 0 Å². The Labute approximate surface area is 62.4 Å². The molecule has 0 rings (SSSR count). The molecule has 0 heterocycles. The summed E-state index contributed by atoms with van der Waals surface area (Å²) in [6.07, 6.45) is 8.69. The van der Waals surface area contributed by atoms with Crippen LogP contribution in [0, 0.1) is 0 Å². The average Bonchev–Trinajstić information content (AvgIpc) is 1.97. The van der Waals surface area contributed by atoms with Gasteiger partial charge in [0.2, 0.25) is 0 Å². The van der Waals surface area contributed by atoms with E-state index in [9.17, 15) is 4.79 Å². The van der Waals surface area contributed by atoms with E-state index < -0.39 is 0 Å². The fourth-order valence-electron chi connectivity index (χ4n) is 0.582. The molecule has 10 heavy (non-hydrogen) atoms. The Morgan fingerprint density at radius 2 is 1.50 bits per heavy atom. The molecule has 0 saturated carbocycles. The molecule has 0 aromatic rings. The van der Waals surface area contributed by atoms with Gasteiger partial charge in [0.25, 0.3) is 0 Å². The Hall–Kier alpha value is -0.850. The van der Waals surface area contributed by atoms with Gasteiger partial charge in [-0.3, -0.25) is 4.79 Å². The van der Waals surface area contributed by atoms with Gasteiger partial charge in [-0.1, -0.05) is 24.3 Å². The van der Waals surface area contributed by atoms with Crippen molar-refractivity contribution in [3.05, 3.63) is 24.3 Å². The molecule has 0 aromatic carbocycles. The highest BCUT2D eigenvalue weighted by molar-refractivity contribution is 5.81. The summed E-state index contributed by atoms with van der Waals surface area (Å²) >= 11 is 0. The second-order valence-electron chi connectivity index (χ2n) is 2.08. The fourth-order valence-corrected chi connectivity index (χ4v) is 0.582. The average molecular weight is 138 g/mol. The molecule has 0 amide bonds. The zero-order valence-electron chi connectivity index (χ0n) is 6.63. The second-order valence-corrected chi connectivity index (χ2v) is 2.08. The highest BCUT2D eigenvalue weighted by Crippen LogP contribution is 1.92. The van der Waals surface area contributed by atoms with Crippen molar-refractivity contribution >= 4 is 5.78 Å². The number of Topliss-reactive ketones (excluding diaryl/α,β-unsaturated/α-hetero) is 1. The lowest BCUT2D eigenvalue weighted by Gasteiger charge is -1.87. The molecule has 0 unspecified atom stereocenters. The minimum atomic E-state index is 0.274. The molecule has 0 aliphatic rings. The zero-order valence-corrected chi connectivity index (χ0v) is 6.63. The maximum Gasteiger partial charge on any atom is 0.140 e. The van der Waals surface area contributed by atoms with Gasteiger partial charge in [-0.25, -0.2) is 0 Å². The number of allylic oxidation sites excluding steroid dienone is 4. The van der Waals surface area contributed by atoms with E-state index in [-0.39, 0.29) is 5.78 Å². The van der Waals surface area contributed by atoms with Crippen molar-refractivity contribution in [1.29, 1.82) is 0 Å². The monoisotopic (exact) mass is 138 g/mol. The molecule has 56 valence electrons. The molecule has 0 aromatic heterocycles. The van der Waals surface area contributed by atoms with Crippen molar-refractivity contribution in [2.75, 3.05) is 0 Å². The largest absolute Gasteiger partial charge is 0.299 e. The van der Waals surface area contributed by atoms with E-state index in [1.165, 1.54) is 0 Å². The van der Waals surface area contributed by atoms with Gasteiger partial charge in [-0.15, -0.1) is 0 Å². The maximum atomic E-state index is 10.9. The predicted molar refractivity (Wildman–Crippen MR) is 43.9 cm³/mol. The highest BCUT2D eigenvalue weighted by Gasteiger charge is 1.92. The van der Waals surface area contributed by atoms with E-state index in [0.29, 0.717) is 12.8 Å². The molecule has 0 aliphatic heterocycles. The molecule has 0 bridgehead atoms. The molecule has 1 nitrogen and oxygen atoms in total. The fraction of sp³-hybridized carbons (Fsp3) is 0.444. The number of carbonyl (C=O) groups excluding carboxylic acids is 1. The summed E-state index contributed by atoms with van der Waals surface area (Å²) in [7, 11) is 0. The molecule has 0 saturated heterocycles. The van der Waals surface area contributed by atoms with E-state index in [1.807, 2.05) is 38.2 Å². The first-order valence-corrected chi connectivity index (χ1v) is 3.55. The lowest BCUT2D eigenvalue weighted by molar-refractivity contribution is -0.117. The van der Waals surface area contributed by atoms with Gasteiger partial charge in [0.05, 0.1) is 0 Å². The highest BCUT2D eigenvalue weighted by atomic mass is 16.1. The van der Waals surface area contributed by atoms with Crippen LogP contribution in [0.5, 0.6) is 0 Å². The van der Waals surface area contributed by atoms with Crippen molar-refractivity contribution in [3.8, 4) is 0 Å². The van der Waals surface area contributed by atoms with Crippen LogP contribution in [0.2, 0.25) is 0 Å². The van der Waals surface area contributed by atoms with E-state index in [1.54, 1.807) is 0 Å². The molecular weight excluding hydrogens is 124 g/mol. The summed E-state index contributed by atoms with van der Waals surface area (Å²) in [4.78, 5) is 10.9. The second kappa shape index (κ2) is 6.27. The molecule has 1 heteroatoms.